The van der Waals surface area contributed by atoms with E-state index in [1.165, 1.54) is 64.2 Å². The number of carbonyl (C=O) groups is 2. The van der Waals surface area contributed by atoms with Gasteiger partial charge in [0.05, 0.1) is 0 Å². The second-order valence-corrected chi connectivity index (χ2v) is 6.55. The van der Waals surface area contributed by atoms with Crippen molar-refractivity contribution in [3.8, 4) is 0 Å². The van der Waals surface area contributed by atoms with Crippen molar-refractivity contribution < 1.29 is 72.6 Å². The maximum atomic E-state index is 10.4. The molecule has 0 unspecified atom stereocenters. The molecule has 0 aromatic rings. The average Bonchev–Trinajstić information content (AvgIpc) is 2.54. The Morgan fingerprint density at radius 3 is 1.20 bits per heavy atom. The van der Waals surface area contributed by atoms with Crippen LogP contribution in [0.2, 0.25) is 0 Å². The third-order valence-corrected chi connectivity index (χ3v) is 4.15. The molecule has 0 aliphatic rings. The summed E-state index contributed by atoms with van der Waals surface area (Å²) in [6, 6.07) is 0. The number of unbranched alkanes of at least 4 members (excludes halogenated alkanes) is 11. The van der Waals surface area contributed by atoms with Gasteiger partial charge < -0.3 is 11.6 Å². The number of carboxylic acid groups (broad SMARTS) is 2. The van der Waals surface area contributed by atoms with Crippen molar-refractivity contribution >= 4 is 11.9 Å². The van der Waals surface area contributed by atoms with E-state index in [1.807, 2.05) is 6.92 Å². The molecular formula is C20H41KO4. The SMILES string of the molecule is CCCCCC(C(=O)O)C(=O)O.CCCCCCCCCCCC.[H-].[K+]. The first-order chi connectivity index (χ1) is 11.5. The minimum Gasteiger partial charge on any atom is -1.00 e. The number of rotatable bonds is 15. The smallest absolute Gasteiger partial charge is 1.00 e. The fourth-order valence-electron chi connectivity index (χ4n) is 2.51. The van der Waals surface area contributed by atoms with E-state index in [4.69, 9.17) is 10.2 Å². The van der Waals surface area contributed by atoms with Crippen molar-refractivity contribution in [3.05, 3.63) is 0 Å². The van der Waals surface area contributed by atoms with Crippen LogP contribution in [-0.2, 0) is 9.59 Å². The van der Waals surface area contributed by atoms with Crippen molar-refractivity contribution in [3.63, 3.8) is 0 Å². The van der Waals surface area contributed by atoms with Gasteiger partial charge >= 0.3 is 63.3 Å². The molecule has 2 N–H and O–H groups in total. The molecule has 0 rings (SSSR count). The molecule has 5 heteroatoms. The zero-order chi connectivity index (χ0) is 18.6. The summed E-state index contributed by atoms with van der Waals surface area (Å²) < 4.78 is 0. The first-order valence-corrected chi connectivity index (χ1v) is 9.96. The van der Waals surface area contributed by atoms with Gasteiger partial charge in [-0.25, -0.2) is 0 Å². The molecule has 4 nitrogen and oxygen atoms in total. The summed E-state index contributed by atoms with van der Waals surface area (Å²) >= 11 is 0. The number of hydrogen-bond acceptors (Lipinski definition) is 2. The van der Waals surface area contributed by atoms with Crippen LogP contribution in [0.25, 0.3) is 0 Å². The van der Waals surface area contributed by atoms with E-state index in [1.54, 1.807) is 0 Å². The number of carboxylic acids is 2. The predicted molar refractivity (Wildman–Crippen MR) is 102 cm³/mol. The van der Waals surface area contributed by atoms with E-state index >= 15 is 0 Å². The van der Waals surface area contributed by atoms with Gasteiger partial charge in [0.2, 0.25) is 0 Å². The molecule has 0 bridgehead atoms. The Kier molecular flexibility index (Phi) is 29.8. The van der Waals surface area contributed by atoms with Crippen molar-refractivity contribution in [2.75, 3.05) is 0 Å². The number of hydrogen-bond donors (Lipinski definition) is 2. The van der Waals surface area contributed by atoms with Crippen LogP contribution in [0.15, 0.2) is 0 Å². The second kappa shape index (κ2) is 24.6. The van der Waals surface area contributed by atoms with Gasteiger partial charge in [-0.2, -0.15) is 0 Å². The zero-order valence-electron chi connectivity index (χ0n) is 18.2. The first-order valence-electron chi connectivity index (χ1n) is 9.96. The molecule has 0 saturated heterocycles. The van der Waals surface area contributed by atoms with Gasteiger partial charge in [0.1, 0.15) is 0 Å². The van der Waals surface area contributed by atoms with Crippen molar-refractivity contribution in [2.45, 2.75) is 111 Å². The zero-order valence-corrected chi connectivity index (χ0v) is 20.3. The normalized spacial score (nSPS) is 9.92. The molecule has 0 aliphatic heterocycles. The molecule has 0 spiro atoms. The van der Waals surface area contributed by atoms with E-state index in [9.17, 15) is 9.59 Å². The van der Waals surface area contributed by atoms with Crippen LogP contribution in [0, 0.1) is 5.92 Å². The van der Waals surface area contributed by atoms with Crippen LogP contribution in [0.5, 0.6) is 0 Å². The third kappa shape index (κ3) is 24.6. The predicted octanol–water partition coefficient (Wildman–Crippen LogP) is 3.40. The summed E-state index contributed by atoms with van der Waals surface area (Å²) in [5, 5.41) is 16.9. The Hall–Kier alpha value is 0.576. The average molecular weight is 385 g/mol. The summed E-state index contributed by atoms with van der Waals surface area (Å²) in [4.78, 5) is 20.7. The summed E-state index contributed by atoms with van der Waals surface area (Å²) in [6.07, 6.45) is 17.2. The molecular weight excluding hydrogens is 343 g/mol. The third-order valence-electron chi connectivity index (χ3n) is 4.15. The summed E-state index contributed by atoms with van der Waals surface area (Å²) in [6.45, 7) is 6.54. The minimum atomic E-state index is -1.24. The van der Waals surface area contributed by atoms with Crippen LogP contribution in [0.1, 0.15) is 112 Å². The van der Waals surface area contributed by atoms with E-state index in [0.717, 1.165) is 12.8 Å². The van der Waals surface area contributed by atoms with E-state index in [-0.39, 0.29) is 59.2 Å². The van der Waals surface area contributed by atoms with Crippen molar-refractivity contribution in [1.29, 1.82) is 0 Å². The molecule has 0 saturated carbocycles. The molecule has 0 amide bonds. The van der Waals surface area contributed by atoms with Crippen LogP contribution in [0.4, 0.5) is 0 Å². The monoisotopic (exact) mass is 384 g/mol. The first kappa shape index (κ1) is 30.3. The molecule has 25 heavy (non-hydrogen) atoms. The second-order valence-electron chi connectivity index (χ2n) is 6.55. The minimum absolute atomic E-state index is 0. The fourth-order valence-corrected chi connectivity index (χ4v) is 2.51. The summed E-state index contributed by atoms with van der Waals surface area (Å²) in [5.41, 5.74) is 0. The Morgan fingerprint density at radius 2 is 0.920 bits per heavy atom. The molecule has 0 aliphatic carbocycles. The van der Waals surface area contributed by atoms with Gasteiger partial charge in [-0.15, -0.1) is 0 Å². The summed E-state index contributed by atoms with van der Waals surface area (Å²) in [7, 11) is 0. The van der Waals surface area contributed by atoms with Gasteiger partial charge in [-0.05, 0) is 6.42 Å². The van der Waals surface area contributed by atoms with E-state index < -0.39 is 17.9 Å². The van der Waals surface area contributed by atoms with Crippen LogP contribution in [0.3, 0.4) is 0 Å². The standard InChI is InChI=1S/C12H26.C8H14O4.K.H/c1-3-5-7-9-11-12-10-8-6-4-2;1-2-3-4-5-6(7(9)10)8(11)12;;/h3-12H2,1-2H3;6H,2-5H2,1H3,(H,9,10)(H,11,12);;/q;;+1;-1. The fraction of sp³-hybridized carbons (Fsp3) is 0.900. The maximum Gasteiger partial charge on any atom is 1.00 e. The van der Waals surface area contributed by atoms with E-state index in [0.29, 0.717) is 6.42 Å². The van der Waals surface area contributed by atoms with Gasteiger partial charge in [0.25, 0.3) is 0 Å². The Bertz CT molecular complexity index is 278. The van der Waals surface area contributed by atoms with Crippen molar-refractivity contribution in [1.82, 2.24) is 0 Å². The molecule has 146 valence electrons. The topological polar surface area (TPSA) is 74.6 Å². The van der Waals surface area contributed by atoms with Gasteiger partial charge in [0.15, 0.2) is 5.92 Å². The van der Waals surface area contributed by atoms with Crippen LogP contribution >= 0.6 is 0 Å². The maximum absolute atomic E-state index is 10.4. The Labute approximate surface area is 199 Å². The Morgan fingerprint density at radius 1 is 0.640 bits per heavy atom. The van der Waals surface area contributed by atoms with Crippen molar-refractivity contribution in [2.24, 2.45) is 5.92 Å². The quantitative estimate of drug-likeness (QED) is 0.258. The molecule has 0 fully saturated rings. The Balaban J connectivity index is -0.000000173. The van der Waals surface area contributed by atoms with Crippen LogP contribution < -0.4 is 51.4 Å². The molecule has 0 atom stereocenters. The van der Waals surface area contributed by atoms with Gasteiger partial charge in [-0.1, -0.05) is 104 Å². The molecule has 0 heterocycles. The molecule has 0 aromatic heterocycles. The molecule has 0 radical (unpaired) electrons. The number of aliphatic carboxylic acids is 2. The largest absolute Gasteiger partial charge is 1.00 e. The van der Waals surface area contributed by atoms with Gasteiger partial charge in [-0.3, -0.25) is 9.59 Å². The van der Waals surface area contributed by atoms with E-state index in [2.05, 4.69) is 13.8 Å². The van der Waals surface area contributed by atoms with Gasteiger partial charge in [0, 0.05) is 0 Å². The van der Waals surface area contributed by atoms with Crippen LogP contribution in [-0.4, -0.2) is 22.2 Å². The molecule has 0 aromatic carbocycles. The summed E-state index contributed by atoms with van der Waals surface area (Å²) in [5.74, 6) is -3.70.